The highest BCUT2D eigenvalue weighted by molar-refractivity contribution is 6.00. The molecule has 1 aromatic carbocycles. The van der Waals surface area contributed by atoms with E-state index < -0.39 is 23.5 Å². The van der Waals surface area contributed by atoms with Crippen LogP contribution in [0.1, 0.15) is 18.9 Å². The minimum atomic E-state index is -1.63. The Bertz CT molecular complexity index is 627. The normalized spacial score (nSPS) is 23.6. The first-order valence-corrected chi connectivity index (χ1v) is 7.28. The van der Waals surface area contributed by atoms with Crippen LogP contribution in [0.3, 0.4) is 0 Å². The van der Waals surface area contributed by atoms with Gasteiger partial charge in [0.05, 0.1) is 12.5 Å². The Morgan fingerprint density at radius 3 is 2.65 bits per heavy atom. The molecule has 2 unspecified atom stereocenters. The maximum Gasteiger partial charge on any atom is 0.411 e. The van der Waals surface area contributed by atoms with E-state index in [2.05, 4.69) is 6.58 Å². The van der Waals surface area contributed by atoms with Crippen LogP contribution in [0.4, 0.5) is 4.79 Å². The molecule has 0 saturated carbocycles. The molecule has 23 heavy (non-hydrogen) atoms. The standard InChI is InChI=1S/C17H19NO5/c1-3-9-17(15(20)21)12(2)14(19)10-18(17)16(22)23-11-13-7-5-4-6-8-13/h3-8,12H,1,9-11H2,2H3,(H,20,21). The Morgan fingerprint density at radius 1 is 1.43 bits per heavy atom. The van der Waals surface area contributed by atoms with Crippen molar-refractivity contribution >= 4 is 17.8 Å². The van der Waals surface area contributed by atoms with E-state index in [-0.39, 0.29) is 25.4 Å². The number of carboxylic acids is 1. The second-order valence-corrected chi connectivity index (χ2v) is 5.54. The van der Waals surface area contributed by atoms with Gasteiger partial charge in [0, 0.05) is 6.42 Å². The minimum Gasteiger partial charge on any atom is -0.479 e. The molecular weight excluding hydrogens is 298 g/mol. The molecule has 1 N–H and O–H groups in total. The van der Waals surface area contributed by atoms with Crippen LogP contribution in [0.25, 0.3) is 0 Å². The smallest absolute Gasteiger partial charge is 0.411 e. The molecule has 1 aliphatic heterocycles. The summed E-state index contributed by atoms with van der Waals surface area (Å²) in [5.74, 6) is -2.35. The van der Waals surface area contributed by atoms with Crippen molar-refractivity contribution in [2.45, 2.75) is 25.5 Å². The van der Waals surface area contributed by atoms with Crippen LogP contribution in [0.15, 0.2) is 43.0 Å². The Hall–Kier alpha value is -2.63. The lowest BCUT2D eigenvalue weighted by Crippen LogP contribution is -2.56. The number of carbonyl (C=O) groups is 3. The van der Waals surface area contributed by atoms with Gasteiger partial charge in [-0.15, -0.1) is 6.58 Å². The van der Waals surface area contributed by atoms with Crippen molar-refractivity contribution in [3.63, 3.8) is 0 Å². The number of ether oxygens (including phenoxy) is 1. The SMILES string of the molecule is C=CCC1(C(=O)O)C(C)C(=O)CN1C(=O)OCc1ccccc1. The third-order valence-corrected chi connectivity index (χ3v) is 4.25. The summed E-state index contributed by atoms with van der Waals surface area (Å²) >= 11 is 0. The van der Waals surface area contributed by atoms with Gasteiger partial charge in [-0.2, -0.15) is 0 Å². The van der Waals surface area contributed by atoms with E-state index in [4.69, 9.17) is 4.74 Å². The third kappa shape index (κ3) is 2.97. The zero-order valence-electron chi connectivity index (χ0n) is 12.9. The molecule has 1 saturated heterocycles. The van der Waals surface area contributed by atoms with Gasteiger partial charge in [-0.05, 0) is 5.56 Å². The zero-order valence-corrected chi connectivity index (χ0v) is 12.9. The summed E-state index contributed by atoms with van der Waals surface area (Å²) in [6, 6.07) is 9.04. The van der Waals surface area contributed by atoms with Gasteiger partial charge in [0.15, 0.2) is 11.3 Å². The molecule has 0 spiro atoms. The van der Waals surface area contributed by atoms with Crippen LogP contribution >= 0.6 is 0 Å². The number of hydrogen-bond donors (Lipinski definition) is 1. The summed E-state index contributed by atoms with van der Waals surface area (Å²) in [6.07, 6.45) is 0.576. The molecule has 1 fully saturated rings. The molecule has 2 rings (SSSR count). The highest BCUT2D eigenvalue weighted by atomic mass is 16.6. The average molecular weight is 317 g/mol. The van der Waals surface area contributed by atoms with E-state index in [1.165, 1.54) is 13.0 Å². The number of rotatable bonds is 5. The number of amides is 1. The first-order valence-electron chi connectivity index (χ1n) is 7.28. The molecule has 6 heteroatoms. The number of Topliss-reactive ketones (excluding diaryl/α,β-unsaturated/α-hetero) is 1. The number of nitrogens with zero attached hydrogens (tertiary/aromatic N) is 1. The second-order valence-electron chi connectivity index (χ2n) is 5.54. The van der Waals surface area contributed by atoms with Crippen molar-refractivity contribution in [2.24, 2.45) is 5.92 Å². The fourth-order valence-electron chi connectivity index (χ4n) is 2.85. The lowest BCUT2D eigenvalue weighted by molar-refractivity contribution is -0.151. The Morgan fingerprint density at radius 2 is 2.09 bits per heavy atom. The summed E-state index contributed by atoms with van der Waals surface area (Å²) in [5, 5.41) is 9.64. The first kappa shape index (κ1) is 16.7. The van der Waals surface area contributed by atoms with E-state index in [0.717, 1.165) is 10.5 Å². The molecule has 1 aliphatic rings. The molecule has 6 nitrogen and oxygen atoms in total. The fourth-order valence-corrected chi connectivity index (χ4v) is 2.85. The number of carboxylic acid groups (broad SMARTS) is 1. The van der Waals surface area contributed by atoms with Crippen LogP contribution in [0.5, 0.6) is 0 Å². The summed E-state index contributed by atoms with van der Waals surface area (Å²) < 4.78 is 5.20. The van der Waals surface area contributed by atoms with Gasteiger partial charge in [0.2, 0.25) is 0 Å². The predicted octanol–water partition coefficient (Wildman–Crippen LogP) is 2.24. The molecular formula is C17H19NO5. The number of hydrogen-bond acceptors (Lipinski definition) is 4. The molecule has 1 aromatic rings. The highest BCUT2D eigenvalue weighted by Gasteiger charge is 2.58. The predicted molar refractivity (Wildman–Crippen MR) is 82.7 cm³/mol. The summed E-state index contributed by atoms with van der Waals surface area (Å²) in [7, 11) is 0. The largest absolute Gasteiger partial charge is 0.479 e. The number of aliphatic carboxylic acids is 1. The molecule has 122 valence electrons. The molecule has 0 aliphatic carbocycles. The van der Waals surface area contributed by atoms with Gasteiger partial charge < -0.3 is 9.84 Å². The van der Waals surface area contributed by atoms with Crippen molar-refractivity contribution in [3.8, 4) is 0 Å². The zero-order chi connectivity index (χ0) is 17.0. The van der Waals surface area contributed by atoms with Crippen molar-refractivity contribution in [3.05, 3.63) is 48.6 Å². The summed E-state index contributed by atoms with van der Waals surface area (Å²) in [4.78, 5) is 37.2. The van der Waals surface area contributed by atoms with Crippen LogP contribution in [0, 0.1) is 5.92 Å². The Balaban J connectivity index is 2.21. The molecule has 2 atom stereocenters. The maximum atomic E-state index is 12.4. The van der Waals surface area contributed by atoms with E-state index in [0.29, 0.717) is 0 Å². The topological polar surface area (TPSA) is 83.9 Å². The highest BCUT2D eigenvalue weighted by Crippen LogP contribution is 2.37. The maximum absolute atomic E-state index is 12.4. The van der Waals surface area contributed by atoms with Crippen LogP contribution in [-0.4, -0.2) is 39.9 Å². The van der Waals surface area contributed by atoms with Gasteiger partial charge in [-0.25, -0.2) is 9.59 Å². The Labute approximate surface area is 134 Å². The van der Waals surface area contributed by atoms with E-state index >= 15 is 0 Å². The average Bonchev–Trinajstić information content (AvgIpc) is 2.80. The van der Waals surface area contributed by atoms with E-state index in [1.807, 2.05) is 18.2 Å². The van der Waals surface area contributed by atoms with Gasteiger partial charge in [-0.1, -0.05) is 43.3 Å². The van der Waals surface area contributed by atoms with E-state index in [9.17, 15) is 19.5 Å². The fraction of sp³-hybridized carbons (Fsp3) is 0.353. The second kappa shape index (κ2) is 6.64. The minimum absolute atomic E-state index is 0.0164. The van der Waals surface area contributed by atoms with Gasteiger partial charge in [-0.3, -0.25) is 9.69 Å². The van der Waals surface area contributed by atoms with Crippen molar-refractivity contribution in [1.82, 2.24) is 4.90 Å². The molecule has 1 heterocycles. The number of benzene rings is 1. The molecule has 0 aromatic heterocycles. The molecule has 0 radical (unpaired) electrons. The molecule has 0 bridgehead atoms. The quantitative estimate of drug-likeness (QED) is 0.842. The van der Waals surface area contributed by atoms with Gasteiger partial charge in [0.1, 0.15) is 6.61 Å². The Kier molecular flexibility index (Phi) is 4.83. The number of likely N-dealkylation sites (tertiary alicyclic amines) is 1. The van der Waals surface area contributed by atoms with Crippen LogP contribution in [-0.2, 0) is 20.9 Å². The number of carbonyl (C=O) groups excluding carboxylic acids is 2. The lowest BCUT2D eigenvalue weighted by Gasteiger charge is -2.35. The molecule has 1 amide bonds. The lowest BCUT2D eigenvalue weighted by atomic mass is 9.82. The van der Waals surface area contributed by atoms with Crippen LogP contribution in [0.2, 0.25) is 0 Å². The summed E-state index contributed by atoms with van der Waals surface area (Å²) in [6.45, 7) is 4.81. The third-order valence-electron chi connectivity index (χ3n) is 4.25. The van der Waals surface area contributed by atoms with Crippen LogP contribution < -0.4 is 0 Å². The van der Waals surface area contributed by atoms with E-state index in [1.54, 1.807) is 12.1 Å². The monoisotopic (exact) mass is 317 g/mol. The number of ketones is 1. The summed E-state index contributed by atoms with van der Waals surface area (Å²) in [5.41, 5.74) is -0.851. The van der Waals surface area contributed by atoms with Gasteiger partial charge in [0.25, 0.3) is 0 Å². The van der Waals surface area contributed by atoms with Crippen molar-refractivity contribution in [2.75, 3.05) is 6.54 Å². The van der Waals surface area contributed by atoms with Crippen molar-refractivity contribution < 1.29 is 24.2 Å². The van der Waals surface area contributed by atoms with Gasteiger partial charge >= 0.3 is 12.1 Å². The van der Waals surface area contributed by atoms with Crippen molar-refractivity contribution in [1.29, 1.82) is 0 Å². The first-order chi connectivity index (χ1) is 10.9.